The number of amides is 1. The van der Waals surface area contributed by atoms with Gasteiger partial charge in [0.25, 0.3) is 0 Å². The van der Waals surface area contributed by atoms with Crippen molar-refractivity contribution in [1.29, 1.82) is 0 Å². The van der Waals surface area contributed by atoms with Crippen molar-refractivity contribution in [3.05, 3.63) is 46.7 Å². The molecular formula is C13H11ClFN3O2. The summed E-state index contributed by atoms with van der Waals surface area (Å²) in [4.78, 5) is 10.9. The molecule has 0 fully saturated rings. The summed E-state index contributed by atoms with van der Waals surface area (Å²) < 4.78 is 19.2. The van der Waals surface area contributed by atoms with Gasteiger partial charge in [0.05, 0.1) is 11.4 Å². The molecule has 20 heavy (non-hydrogen) atoms. The fourth-order valence-electron chi connectivity index (χ4n) is 1.56. The maximum atomic E-state index is 13.9. The highest BCUT2D eigenvalue weighted by atomic mass is 35.5. The first-order chi connectivity index (χ1) is 9.40. The molecule has 0 bridgehead atoms. The largest absolute Gasteiger partial charge is 0.452 e. The van der Waals surface area contributed by atoms with E-state index in [1.54, 1.807) is 0 Å². The minimum Gasteiger partial charge on any atom is -0.452 e. The van der Waals surface area contributed by atoms with Crippen molar-refractivity contribution in [2.24, 2.45) is 5.73 Å². The second-order valence-corrected chi connectivity index (χ2v) is 4.38. The third-order valence-corrected chi connectivity index (χ3v) is 2.96. The van der Waals surface area contributed by atoms with Gasteiger partial charge in [-0.2, -0.15) is 0 Å². The predicted octanol–water partition coefficient (Wildman–Crippen LogP) is 2.53. The Kier molecular flexibility index (Phi) is 3.67. The molecule has 2 aromatic carbocycles. The lowest BCUT2D eigenvalue weighted by atomic mass is 10.2. The lowest BCUT2D eigenvalue weighted by Gasteiger charge is -2.12. The van der Waals surface area contributed by atoms with Gasteiger partial charge in [0.1, 0.15) is 10.8 Å². The minimum atomic E-state index is -0.844. The molecule has 6 N–H and O–H groups in total. The van der Waals surface area contributed by atoms with Crippen LogP contribution < -0.4 is 21.9 Å². The molecular weight excluding hydrogens is 285 g/mol. The minimum absolute atomic E-state index is 0.0170. The van der Waals surface area contributed by atoms with Crippen LogP contribution in [0.2, 0.25) is 5.02 Å². The van der Waals surface area contributed by atoms with Crippen LogP contribution in [0.3, 0.4) is 0 Å². The normalized spacial score (nSPS) is 10.3. The second-order valence-electron chi connectivity index (χ2n) is 4.00. The Hall–Kier alpha value is -2.47. The van der Waals surface area contributed by atoms with Gasteiger partial charge in [0.2, 0.25) is 5.91 Å². The Bertz CT molecular complexity index is 674. The van der Waals surface area contributed by atoms with Crippen molar-refractivity contribution < 1.29 is 13.9 Å². The molecule has 0 spiro atoms. The highest BCUT2D eigenvalue weighted by molar-refractivity contribution is 6.33. The monoisotopic (exact) mass is 295 g/mol. The maximum Gasteiger partial charge on any atom is 0.248 e. The number of hydrogen-bond acceptors (Lipinski definition) is 4. The highest BCUT2D eigenvalue weighted by Gasteiger charge is 2.16. The van der Waals surface area contributed by atoms with Crippen molar-refractivity contribution in [3.63, 3.8) is 0 Å². The van der Waals surface area contributed by atoms with E-state index in [0.29, 0.717) is 5.56 Å². The van der Waals surface area contributed by atoms with E-state index in [0.717, 1.165) is 0 Å². The molecule has 0 saturated carbocycles. The molecule has 1 amide bonds. The Morgan fingerprint density at radius 1 is 1.15 bits per heavy atom. The standard InChI is InChI=1S/C13H11ClFN3O2/c14-10-8(16)5-9(17)12(11(10)15)20-7-3-1-6(2-4-7)13(18)19/h1-5H,16-17H2,(H2,18,19). The number of halogens is 2. The number of nitrogen functional groups attached to an aromatic ring is 2. The lowest BCUT2D eigenvalue weighted by Crippen LogP contribution is -2.10. The smallest absolute Gasteiger partial charge is 0.248 e. The van der Waals surface area contributed by atoms with Gasteiger partial charge < -0.3 is 21.9 Å². The summed E-state index contributed by atoms with van der Waals surface area (Å²) in [6.07, 6.45) is 0. The van der Waals surface area contributed by atoms with Crippen LogP contribution in [0.5, 0.6) is 11.5 Å². The fraction of sp³-hybridized carbons (Fsp3) is 0. The van der Waals surface area contributed by atoms with Gasteiger partial charge in [-0.3, -0.25) is 4.79 Å². The van der Waals surface area contributed by atoms with Crippen molar-refractivity contribution in [2.75, 3.05) is 11.5 Å². The summed E-state index contributed by atoms with van der Waals surface area (Å²) in [5.41, 5.74) is 16.6. The van der Waals surface area contributed by atoms with E-state index < -0.39 is 11.7 Å². The van der Waals surface area contributed by atoms with Gasteiger partial charge in [-0.15, -0.1) is 0 Å². The Morgan fingerprint density at radius 2 is 1.75 bits per heavy atom. The van der Waals surface area contributed by atoms with Crippen molar-refractivity contribution >= 4 is 28.9 Å². The number of ether oxygens (including phenoxy) is 1. The molecule has 0 atom stereocenters. The van der Waals surface area contributed by atoms with Gasteiger partial charge in [-0.05, 0) is 30.3 Å². The number of hydrogen-bond donors (Lipinski definition) is 3. The molecule has 0 radical (unpaired) electrons. The molecule has 2 aromatic rings. The van der Waals surface area contributed by atoms with E-state index >= 15 is 0 Å². The summed E-state index contributed by atoms with van der Waals surface area (Å²) in [6.45, 7) is 0. The van der Waals surface area contributed by atoms with Crippen LogP contribution in [-0.4, -0.2) is 5.91 Å². The lowest BCUT2D eigenvalue weighted by molar-refractivity contribution is 0.100. The summed E-state index contributed by atoms with van der Waals surface area (Å²) in [5.74, 6) is -1.36. The average molecular weight is 296 g/mol. The molecule has 0 aliphatic carbocycles. The summed E-state index contributed by atoms with van der Waals surface area (Å²) in [5, 5.41) is -0.261. The van der Waals surface area contributed by atoms with E-state index in [4.69, 9.17) is 33.5 Å². The first-order valence-corrected chi connectivity index (χ1v) is 5.88. The zero-order valence-electron chi connectivity index (χ0n) is 10.2. The molecule has 0 aromatic heterocycles. The van der Waals surface area contributed by atoms with Crippen LogP contribution in [-0.2, 0) is 0 Å². The predicted molar refractivity (Wildman–Crippen MR) is 75.3 cm³/mol. The number of anilines is 2. The van der Waals surface area contributed by atoms with Crippen molar-refractivity contribution in [1.82, 2.24) is 0 Å². The van der Waals surface area contributed by atoms with Crippen molar-refractivity contribution in [3.8, 4) is 11.5 Å². The Morgan fingerprint density at radius 3 is 2.30 bits per heavy atom. The third kappa shape index (κ3) is 2.60. The molecule has 0 aliphatic rings. The number of carbonyl (C=O) groups excluding carboxylic acids is 1. The topological polar surface area (TPSA) is 104 Å². The van der Waals surface area contributed by atoms with Gasteiger partial charge >= 0.3 is 0 Å². The number of nitrogens with two attached hydrogens (primary N) is 3. The van der Waals surface area contributed by atoms with Gasteiger partial charge in [0, 0.05) is 5.56 Å². The van der Waals surface area contributed by atoms with Crippen LogP contribution in [0.1, 0.15) is 10.4 Å². The van der Waals surface area contributed by atoms with Crippen LogP contribution >= 0.6 is 11.6 Å². The SMILES string of the molecule is NC(=O)c1ccc(Oc2c(N)cc(N)c(Cl)c2F)cc1. The molecule has 0 saturated heterocycles. The maximum absolute atomic E-state index is 13.9. The van der Waals surface area contributed by atoms with Crippen LogP contribution in [0.25, 0.3) is 0 Å². The van der Waals surface area contributed by atoms with Crippen LogP contribution in [0.15, 0.2) is 30.3 Å². The van der Waals surface area contributed by atoms with E-state index in [-0.39, 0.29) is 27.9 Å². The highest BCUT2D eigenvalue weighted by Crippen LogP contribution is 2.37. The first-order valence-electron chi connectivity index (χ1n) is 5.51. The molecule has 0 unspecified atom stereocenters. The average Bonchev–Trinajstić information content (AvgIpc) is 2.42. The number of primary amides is 1. The van der Waals surface area contributed by atoms with Crippen LogP contribution in [0.4, 0.5) is 15.8 Å². The van der Waals surface area contributed by atoms with Gasteiger partial charge in [0.15, 0.2) is 11.6 Å². The van der Waals surface area contributed by atoms with Gasteiger partial charge in [-0.25, -0.2) is 4.39 Å². The van der Waals surface area contributed by atoms with Crippen molar-refractivity contribution in [2.45, 2.75) is 0 Å². The van der Waals surface area contributed by atoms with Crippen LogP contribution in [0, 0.1) is 5.82 Å². The number of carbonyl (C=O) groups is 1. The summed E-state index contributed by atoms with van der Waals surface area (Å²) in [6, 6.07) is 7.13. The zero-order chi connectivity index (χ0) is 14.9. The van der Waals surface area contributed by atoms with E-state index in [2.05, 4.69) is 0 Å². The second kappa shape index (κ2) is 5.26. The summed E-state index contributed by atoms with van der Waals surface area (Å²) in [7, 11) is 0. The van der Waals surface area contributed by atoms with E-state index in [9.17, 15) is 9.18 Å². The van der Waals surface area contributed by atoms with Gasteiger partial charge in [-0.1, -0.05) is 11.6 Å². The molecule has 0 aliphatic heterocycles. The fourth-order valence-corrected chi connectivity index (χ4v) is 1.70. The molecule has 7 heteroatoms. The molecule has 2 rings (SSSR count). The molecule has 0 heterocycles. The quantitative estimate of drug-likeness (QED) is 0.757. The summed E-state index contributed by atoms with van der Waals surface area (Å²) >= 11 is 5.69. The molecule has 104 valence electrons. The van der Waals surface area contributed by atoms with E-state index in [1.165, 1.54) is 30.3 Å². The molecule has 5 nitrogen and oxygen atoms in total. The third-order valence-electron chi connectivity index (χ3n) is 2.58. The first kappa shape index (κ1) is 14.0. The number of rotatable bonds is 3. The Labute approximate surface area is 119 Å². The zero-order valence-corrected chi connectivity index (χ0v) is 10.9. The number of benzene rings is 2. The Balaban J connectivity index is 2.35. The van der Waals surface area contributed by atoms with E-state index in [1.807, 2.05) is 0 Å².